The molecule has 3 rings (SSSR count). The lowest BCUT2D eigenvalue weighted by Crippen LogP contribution is -2.12. The molecule has 0 saturated carbocycles. The molecule has 3 aromatic rings. The normalized spacial score (nSPS) is 10.3. The van der Waals surface area contributed by atoms with E-state index in [4.69, 9.17) is 4.74 Å². The summed E-state index contributed by atoms with van der Waals surface area (Å²) in [4.78, 5) is 24.2. The van der Waals surface area contributed by atoms with Gasteiger partial charge in [0, 0.05) is 5.56 Å². The van der Waals surface area contributed by atoms with Gasteiger partial charge in [-0.2, -0.15) is 0 Å². The molecule has 0 heterocycles. The number of hydrogen-bond donors (Lipinski definition) is 0. The highest BCUT2D eigenvalue weighted by Gasteiger charge is 2.17. The molecule has 0 bridgehead atoms. The summed E-state index contributed by atoms with van der Waals surface area (Å²) in [5.74, 6) is -0.727. The minimum Gasteiger partial charge on any atom is -0.466 e. The van der Waals surface area contributed by atoms with Gasteiger partial charge in [0.15, 0.2) is 5.78 Å². The number of hydrogen-bond acceptors (Lipinski definition) is 3. The fraction of sp³-hybridized carbons (Fsp3) is 0.130. The molecule has 0 aliphatic heterocycles. The van der Waals surface area contributed by atoms with Crippen LogP contribution in [0.5, 0.6) is 0 Å². The molecule has 3 aromatic carbocycles. The van der Waals surface area contributed by atoms with Gasteiger partial charge < -0.3 is 4.74 Å². The molecule has 130 valence electrons. The SMILES string of the molecule is CCOC(=O)CC(=O)c1ccccc1-c1cccc(-c2ccccc2)c1. The fourth-order valence-corrected chi connectivity index (χ4v) is 2.91. The predicted octanol–water partition coefficient (Wildman–Crippen LogP) is 5.16. The van der Waals surface area contributed by atoms with Gasteiger partial charge >= 0.3 is 5.97 Å². The third-order valence-electron chi connectivity index (χ3n) is 4.12. The molecular formula is C23H20O3. The zero-order valence-electron chi connectivity index (χ0n) is 14.6. The number of esters is 1. The summed E-state index contributed by atoms with van der Waals surface area (Å²) in [5.41, 5.74) is 4.49. The Kier molecular flexibility index (Phi) is 5.59. The van der Waals surface area contributed by atoms with Gasteiger partial charge in [-0.15, -0.1) is 0 Å². The van der Waals surface area contributed by atoms with Crippen LogP contribution in [0.15, 0.2) is 78.9 Å². The molecule has 0 N–H and O–H groups in total. The van der Waals surface area contributed by atoms with Crippen LogP contribution >= 0.6 is 0 Å². The van der Waals surface area contributed by atoms with Crippen LogP contribution in [0.2, 0.25) is 0 Å². The fourth-order valence-electron chi connectivity index (χ4n) is 2.91. The van der Waals surface area contributed by atoms with E-state index in [0.29, 0.717) is 5.56 Å². The average Bonchev–Trinajstić information content (AvgIpc) is 2.69. The van der Waals surface area contributed by atoms with Crippen LogP contribution < -0.4 is 0 Å². The maximum absolute atomic E-state index is 12.6. The maximum Gasteiger partial charge on any atom is 0.313 e. The highest BCUT2D eigenvalue weighted by molar-refractivity contribution is 6.09. The molecule has 0 aliphatic rings. The second-order valence-corrected chi connectivity index (χ2v) is 5.90. The summed E-state index contributed by atoms with van der Waals surface area (Å²) in [6.45, 7) is 2.00. The Labute approximate surface area is 153 Å². The lowest BCUT2D eigenvalue weighted by molar-refractivity contribution is -0.141. The molecule has 0 radical (unpaired) electrons. The summed E-state index contributed by atoms with van der Waals surface area (Å²) < 4.78 is 4.90. The molecule has 3 heteroatoms. The van der Waals surface area contributed by atoms with Gasteiger partial charge in [-0.3, -0.25) is 9.59 Å². The van der Waals surface area contributed by atoms with Crippen molar-refractivity contribution in [3.05, 3.63) is 84.4 Å². The molecule has 0 aliphatic carbocycles. The Balaban J connectivity index is 1.96. The summed E-state index contributed by atoms with van der Waals surface area (Å²) >= 11 is 0. The summed E-state index contributed by atoms with van der Waals surface area (Å²) in [7, 11) is 0. The molecule has 0 unspecified atom stereocenters. The van der Waals surface area contributed by atoms with E-state index in [0.717, 1.165) is 22.3 Å². The van der Waals surface area contributed by atoms with Crippen molar-refractivity contribution >= 4 is 11.8 Å². The van der Waals surface area contributed by atoms with Crippen LogP contribution in [0.3, 0.4) is 0 Å². The number of Topliss-reactive ketones (excluding diaryl/α,β-unsaturated/α-hetero) is 1. The summed E-state index contributed by atoms with van der Waals surface area (Å²) in [6, 6.07) is 25.5. The second kappa shape index (κ2) is 8.26. The van der Waals surface area contributed by atoms with Crippen LogP contribution in [0, 0.1) is 0 Å². The van der Waals surface area contributed by atoms with E-state index in [1.165, 1.54) is 0 Å². The Morgan fingerprint density at radius 2 is 1.42 bits per heavy atom. The minimum absolute atomic E-state index is 0.232. The van der Waals surface area contributed by atoms with Crippen LogP contribution in [0.1, 0.15) is 23.7 Å². The Hall–Kier alpha value is -3.20. The smallest absolute Gasteiger partial charge is 0.313 e. The average molecular weight is 344 g/mol. The van der Waals surface area contributed by atoms with Crippen molar-refractivity contribution in [3.8, 4) is 22.3 Å². The van der Waals surface area contributed by atoms with Crippen LogP contribution in [-0.4, -0.2) is 18.4 Å². The molecule has 0 atom stereocenters. The van der Waals surface area contributed by atoms with Crippen molar-refractivity contribution in [2.24, 2.45) is 0 Å². The number of ether oxygens (including phenoxy) is 1. The van der Waals surface area contributed by atoms with Gasteiger partial charge in [-0.25, -0.2) is 0 Å². The van der Waals surface area contributed by atoms with E-state index in [-0.39, 0.29) is 18.8 Å². The van der Waals surface area contributed by atoms with E-state index >= 15 is 0 Å². The number of carbonyl (C=O) groups is 2. The molecule has 0 saturated heterocycles. The molecule has 0 aromatic heterocycles. The summed E-state index contributed by atoms with van der Waals surface area (Å²) in [5, 5.41) is 0. The number of carbonyl (C=O) groups excluding carboxylic acids is 2. The second-order valence-electron chi connectivity index (χ2n) is 5.90. The third kappa shape index (κ3) is 4.06. The zero-order valence-corrected chi connectivity index (χ0v) is 14.6. The number of ketones is 1. The number of benzene rings is 3. The Bertz CT molecular complexity index is 914. The predicted molar refractivity (Wildman–Crippen MR) is 103 cm³/mol. The van der Waals surface area contributed by atoms with Crippen molar-refractivity contribution in [2.75, 3.05) is 6.61 Å². The van der Waals surface area contributed by atoms with Gasteiger partial charge in [0.1, 0.15) is 6.42 Å². The van der Waals surface area contributed by atoms with Gasteiger partial charge in [-0.05, 0) is 35.2 Å². The van der Waals surface area contributed by atoms with E-state index in [2.05, 4.69) is 18.2 Å². The lowest BCUT2D eigenvalue weighted by atomic mass is 9.93. The van der Waals surface area contributed by atoms with Crippen LogP contribution in [0.4, 0.5) is 0 Å². The molecule has 3 nitrogen and oxygen atoms in total. The van der Waals surface area contributed by atoms with Crippen molar-refractivity contribution in [2.45, 2.75) is 13.3 Å². The van der Waals surface area contributed by atoms with E-state index in [1.807, 2.05) is 54.6 Å². The molecule has 26 heavy (non-hydrogen) atoms. The zero-order chi connectivity index (χ0) is 18.4. The monoisotopic (exact) mass is 344 g/mol. The first-order chi connectivity index (χ1) is 12.7. The molecular weight excluding hydrogens is 324 g/mol. The van der Waals surface area contributed by atoms with Crippen molar-refractivity contribution < 1.29 is 14.3 Å². The van der Waals surface area contributed by atoms with Gasteiger partial charge in [-0.1, -0.05) is 72.8 Å². The Morgan fingerprint density at radius 1 is 0.769 bits per heavy atom. The molecule has 0 amide bonds. The minimum atomic E-state index is -0.495. The van der Waals surface area contributed by atoms with Crippen LogP contribution in [0.25, 0.3) is 22.3 Å². The van der Waals surface area contributed by atoms with E-state index < -0.39 is 5.97 Å². The van der Waals surface area contributed by atoms with Gasteiger partial charge in [0.05, 0.1) is 6.61 Å². The molecule has 0 fully saturated rings. The van der Waals surface area contributed by atoms with Crippen molar-refractivity contribution in [1.29, 1.82) is 0 Å². The quantitative estimate of drug-likeness (QED) is 0.352. The first kappa shape index (κ1) is 17.6. The van der Waals surface area contributed by atoms with Crippen LogP contribution in [-0.2, 0) is 9.53 Å². The molecule has 0 spiro atoms. The Morgan fingerprint density at radius 3 is 2.19 bits per heavy atom. The maximum atomic E-state index is 12.6. The summed E-state index contributed by atoms with van der Waals surface area (Å²) in [6.07, 6.45) is -0.247. The van der Waals surface area contributed by atoms with Gasteiger partial charge in [0.2, 0.25) is 0 Å². The highest BCUT2D eigenvalue weighted by Crippen LogP contribution is 2.29. The first-order valence-corrected chi connectivity index (χ1v) is 8.62. The van der Waals surface area contributed by atoms with Crippen molar-refractivity contribution in [1.82, 2.24) is 0 Å². The lowest BCUT2D eigenvalue weighted by Gasteiger charge is -2.10. The third-order valence-corrected chi connectivity index (χ3v) is 4.12. The van der Waals surface area contributed by atoms with E-state index in [9.17, 15) is 9.59 Å². The highest BCUT2D eigenvalue weighted by atomic mass is 16.5. The number of rotatable bonds is 6. The largest absolute Gasteiger partial charge is 0.466 e. The van der Waals surface area contributed by atoms with Gasteiger partial charge in [0.25, 0.3) is 0 Å². The first-order valence-electron chi connectivity index (χ1n) is 8.62. The standard InChI is InChI=1S/C23H20O3/c1-2-26-23(25)16-22(24)21-14-7-6-13-20(21)19-12-8-11-18(15-19)17-9-4-3-5-10-17/h3-15H,2,16H2,1H3. The van der Waals surface area contributed by atoms with Crippen molar-refractivity contribution in [3.63, 3.8) is 0 Å². The topological polar surface area (TPSA) is 43.4 Å². The van der Waals surface area contributed by atoms with E-state index in [1.54, 1.807) is 13.0 Å².